The molecule has 2 heteroatoms. The molecular formula is C19H31NO. The van der Waals surface area contributed by atoms with Gasteiger partial charge in [-0.15, -0.1) is 0 Å². The number of phenolic OH excluding ortho intramolecular Hbond substituents is 1. The van der Waals surface area contributed by atoms with Crippen molar-refractivity contribution in [1.29, 1.82) is 0 Å². The Hall–Kier alpha value is -1.02. The first-order chi connectivity index (χ1) is 9.51. The lowest BCUT2D eigenvalue weighted by Gasteiger charge is -2.34. The molecule has 0 amide bonds. The van der Waals surface area contributed by atoms with Gasteiger partial charge in [-0.25, -0.2) is 0 Å². The van der Waals surface area contributed by atoms with E-state index in [2.05, 4.69) is 53.7 Å². The molecule has 0 aromatic heterocycles. The molecule has 118 valence electrons. The number of phenols is 1. The van der Waals surface area contributed by atoms with Crippen LogP contribution in [0.1, 0.15) is 83.5 Å². The van der Waals surface area contributed by atoms with E-state index in [0.717, 1.165) is 11.1 Å². The van der Waals surface area contributed by atoms with Crippen molar-refractivity contribution in [2.75, 3.05) is 0 Å². The van der Waals surface area contributed by atoms with Gasteiger partial charge in [0.05, 0.1) is 0 Å². The van der Waals surface area contributed by atoms with Gasteiger partial charge in [0.2, 0.25) is 0 Å². The lowest BCUT2D eigenvalue weighted by molar-refractivity contribution is 0.263. The van der Waals surface area contributed by atoms with Crippen molar-refractivity contribution in [2.45, 2.75) is 77.7 Å². The SMILES string of the molecule is CC(C)(C)c1cc([C@H](N)C2CCC2)cc(C(C)(C)C)c1O. The van der Waals surface area contributed by atoms with Crippen LogP contribution in [0.15, 0.2) is 12.1 Å². The van der Waals surface area contributed by atoms with Crippen molar-refractivity contribution in [1.82, 2.24) is 0 Å². The van der Waals surface area contributed by atoms with E-state index in [9.17, 15) is 5.11 Å². The third-order valence-electron chi connectivity index (χ3n) is 4.79. The second kappa shape index (κ2) is 5.31. The molecule has 1 atom stereocenters. The summed E-state index contributed by atoms with van der Waals surface area (Å²) in [5.74, 6) is 1.05. The van der Waals surface area contributed by atoms with Crippen LogP contribution in [-0.4, -0.2) is 5.11 Å². The van der Waals surface area contributed by atoms with E-state index in [0.29, 0.717) is 11.7 Å². The van der Waals surface area contributed by atoms with Gasteiger partial charge < -0.3 is 10.8 Å². The summed E-state index contributed by atoms with van der Waals surface area (Å²) in [6.07, 6.45) is 3.77. The molecule has 21 heavy (non-hydrogen) atoms. The number of rotatable bonds is 2. The van der Waals surface area contributed by atoms with Crippen molar-refractivity contribution in [3.63, 3.8) is 0 Å². The van der Waals surface area contributed by atoms with Gasteiger partial charge in [-0.1, -0.05) is 48.0 Å². The van der Waals surface area contributed by atoms with Crippen LogP contribution in [0.2, 0.25) is 0 Å². The Bertz CT molecular complexity index is 480. The van der Waals surface area contributed by atoms with E-state index in [-0.39, 0.29) is 16.9 Å². The first-order valence-electron chi connectivity index (χ1n) is 8.15. The molecule has 0 heterocycles. The van der Waals surface area contributed by atoms with Crippen LogP contribution in [0, 0.1) is 5.92 Å². The Morgan fingerprint density at radius 3 is 1.71 bits per heavy atom. The van der Waals surface area contributed by atoms with Crippen LogP contribution in [0.5, 0.6) is 5.75 Å². The average Bonchev–Trinajstić information content (AvgIpc) is 2.23. The quantitative estimate of drug-likeness (QED) is 0.822. The van der Waals surface area contributed by atoms with Gasteiger partial charge in [0.1, 0.15) is 5.75 Å². The maximum absolute atomic E-state index is 10.7. The molecule has 0 radical (unpaired) electrons. The van der Waals surface area contributed by atoms with Crippen molar-refractivity contribution in [2.24, 2.45) is 11.7 Å². The zero-order valence-electron chi connectivity index (χ0n) is 14.5. The zero-order valence-corrected chi connectivity index (χ0v) is 14.5. The molecule has 1 aromatic carbocycles. The first-order valence-corrected chi connectivity index (χ1v) is 8.15. The minimum atomic E-state index is -0.0839. The van der Waals surface area contributed by atoms with Gasteiger partial charge in [-0.3, -0.25) is 0 Å². The van der Waals surface area contributed by atoms with E-state index >= 15 is 0 Å². The minimum absolute atomic E-state index is 0.0839. The Labute approximate surface area is 129 Å². The lowest BCUT2D eigenvalue weighted by atomic mass is 9.73. The highest BCUT2D eigenvalue weighted by Crippen LogP contribution is 2.43. The summed E-state index contributed by atoms with van der Waals surface area (Å²) in [6, 6.07) is 4.36. The zero-order chi connectivity index (χ0) is 16.0. The van der Waals surface area contributed by atoms with E-state index in [1.165, 1.54) is 24.8 Å². The molecule has 0 aliphatic heterocycles. The summed E-state index contributed by atoms with van der Waals surface area (Å²) in [5, 5.41) is 10.7. The number of hydrogen-bond donors (Lipinski definition) is 2. The highest BCUT2D eigenvalue weighted by Gasteiger charge is 2.31. The molecule has 0 bridgehead atoms. The predicted molar refractivity (Wildman–Crippen MR) is 89.8 cm³/mol. The maximum Gasteiger partial charge on any atom is 0.123 e. The van der Waals surface area contributed by atoms with Crippen LogP contribution in [-0.2, 0) is 10.8 Å². The summed E-state index contributed by atoms with van der Waals surface area (Å²) in [6.45, 7) is 12.9. The summed E-state index contributed by atoms with van der Waals surface area (Å²) in [7, 11) is 0. The fourth-order valence-electron chi connectivity index (χ4n) is 3.06. The van der Waals surface area contributed by atoms with Gasteiger partial charge in [0.15, 0.2) is 0 Å². The molecule has 2 rings (SSSR count). The largest absolute Gasteiger partial charge is 0.507 e. The normalized spacial score (nSPS) is 18.4. The third kappa shape index (κ3) is 3.26. The standard InChI is InChI=1S/C19H31NO/c1-18(2,3)14-10-13(16(20)12-8-7-9-12)11-15(17(14)21)19(4,5)6/h10-12,16,21H,7-9,20H2,1-6H3/t16-/m1/s1. The van der Waals surface area contributed by atoms with E-state index in [4.69, 9.17) is 5.73 Å². The molecule has 2 nitrogen and oxygen atoms in total. The number of nitrogens with two attached hydrogens (primary N) is 1. The Balaban J connectivity index is 2.56. The molecular weight excluding hydrogens is 258 g/mol. The molecule has 0 spiro atoms. The van der Waals surface area contributed by atoms with Crippen LogP contribution in [0.3, 0.4) is 0 Å². The fourth-order valence-corrected chi connectivity index (χ4v) is 3.06. The average molecular weight is 289 g/mol. The van der Waals surface area contributed by atoms with Gasteiger partial charge in [-0.05, 0) is 58.4 Å². The topological polar surface area (TPSA) is 46.2 Å². The summed E-state index contributed by atoms with van der Waals surface area (Å²) in [4.78, 5) is 0. The second-order valence-corrected chi connectivity index (χ2v) is 8.68. The first kappa shape index (κ1) is 16.4. The van der Waals surface area contributed by atoms with Crippen LogP contribution in [0.25, 0.3) is 0 Å². The van der Waals surface area contributed by atoms with Crippen molar-refractivity contribution in [3.05, 3.63) is 28.8 Å². The molecule has 1 aliphatic rings. The lowest BCUT2D eigenvalue weighted by Crippen LogP contribution is -2.28. The van der Waals surface area contributed by atoms with Gasteiger partial charge in [-0.2, -0.15) is 0 Å². The van der Waals surface area contributed by atoms with Gasteiger partial charge in [0.25, 0.3) is 0 Å². The Morgan fingerprint density at radius 2 is 1.43 bits per heavy atom. The van der Waals surface area contributed by atoms with Crippen molar-refractivity contribution < 1.29 is 5.11 Å². The highest BCUT2D eigenvalue weighted by molar-refractivity contribution is 5.50. The van der Waals surface area contributed by atoms with Crippen molar-refractivity contribution >= 4 is 0 Å². The van der Waals surface area contributed by atoms with Crippen LogP contribution < -0.4 is 5.73 Å². The summed E-state index contributed by atoms with van der Waals surface area (Å²) in [5.41, 5.74) is 9.54. The molecule has 1 fully saturated rings. The molecule has 1 aliphatic carbocycles. The number of hydrogen-bond acceptors (Lipinski definition) is 2. The minimum Gasteiger partial charge on any atom is -0.507 e. The van der Waals surface area contributed by atoms with E-state index < -0.39 is 0 Å². The monoisotopic (exact) mass is 289 g/mol. The molecule has 1 aromatic rings. The summed E-state index contributed by atoms with van der Waals surface area (Å²) < 4.78 is 0. The van der Waals surface area contributed by atoms with E-state index in [1.54, 1.807) is 0 Å². The van der Waals surface area contributed by atoms with Gasteiger partial charge in [0, 0.05) is 6.04 Å². The maximum atomic E-state index is 10.7. The Kier molecular flexibility index (Phi) is 4.14. The smallest absolute Gasteiger partial charge is 0.123 e. The van der Waals surface area contributed by atoms with Crippen LogP contribution >= 0.6 is 0 Å². The molecule has 0 saturated heterocycles. The number of benzene rings is 1. The molecule has 3 N–H and O–H groups in total. The molecule has 1 saturated carbocycles. The van der Waals surface area contributed by atoms with Gasteiger partial charge >= 0.3 is 0 Å². The third-order valence-corrected chi connectivity index (χ3v) is 4.79. The predicted octanol–water partition coefficient (Wildman–Crippen LogP) is 4.79. The van der Waals surface area contributed by atoms with Crippen LogP contribution in [0.4, 0.5) is 0 Å². The number of aromatic hydroxyl groups is 1. The summed E-state index contributed by atoms with van der Waals surface area (Å²) >= 11 is 0. The molecule has 0 unspecified atom stereocenters. The van der Waals surface area contributed by atoms with E-state index in [1.807, 2.05) is 0 Å². The highest BCUT2D eigenvalue weighted by atomic mass is 16.3. The second-order valence-electron chi connectivity index (χ2n) is 8.68. The Morgan fingerprint density at radius 1 is 1.00 bits per heavy atom. The fraction of sp³-hybridized carbons (Fsp3) is 0.684. The van der Waals surface area contributed by atoms with Crippen molar-refractivity contribution in [3.8, 4) is 5.75 Å².